The number of rotatable bonds is 4. The fourth-order valence-electron chi connectivity index (χ4n) is 2.87. The van der Waals surface area contributed by atoms with E-state index in [0.717, 1.165) is 29.0 Å². The second-order valence-corrected chi connectivity index (χ2v) is 6.51. The summed E-state index contributed by atoms with van der Waals surface area (Å²) in [4.78, 5) is 14.1. The number of hydrazine groups is 1. The summed E-state index contributed by atoms with van der Waals surface area (Å²) >= 11 is 1.56. The molecule has 21 heavy (non-hydrogen) atoms. The average molecular weight is 308 g/mol. The first-order valence-electron chi connectivity index (χ1n) is 6.89. The molecule has 1 fully saturated rings. The Kier molecular flexibility index (Phi) is 3.94. The molecule has 8 heteroatoms. The third-order valence-corrected chi connectivity index (χ3v) is 4.48. The lowest BCUT2D eigenvalue weighted by atomic mass is 10.2. The van der Waals surface area contributed by atoms with Crippen LogP contribution in [0.1, 0.15) is 6.42 Å². The molecule has 3 heterocycles. The zero-order valence-corrected chi connectivity index (χ0v) is 13.0. The van der Waals surface area contributed by atoms with Gasteiger partial charge in [0.2, 0.25) is 5.95 Å². The van der Waals surface area contributed by atoms with Gasteiger partial charge in [-0.3, -0.25) is 5.43 Å². The lowest BCUT2D eigenvalue weighted by Crippen LogP contribution is -2.38. The number of anilines is 2. The fraction of sp³-hybridized carbons (Fsp3) is 0.538. The van der Waals surface area contributed by atoms with E-state index in [1.807, 2.05) is 25.5 Å². The Hall–Kier alpha value is -1.48. The summed E-state index contributed by atoms with van der Waals surface area (Å²) in [5.74, 6) is 6.73. The number of likely N-dealkylation sites (N-methyl/N-ethyl adjacent to an activating group) is 1. The molecule has 3 rings (SSSR count). The van der Waals surface area contributed by atoms with Crippen LogP contribution in [0.5, 0.6) is 0 Å². The summed E-state index contributed by atoms with van der Waals surface area (Å²) in [5, 5.41) is 13.1. The largest absolute Gasteiger partial charge is 0.391 e. The maximum Gasteiger partial charge on any atom is 0.240 e. The summed E-state index contributed by atoms with van der Waals surface area (Å²) in [7, 11) is 4.08. The molecule has 114 valence electrons. The number of nitrogens with one attached hydrogen (secondary N) is 1. The Morgan fingerprint density at radius 1 is 1.52 bits per heavy atom. The van der Waals surface area contributed by atoms with Crippen molar-refractivity contribution in [3.05, 3.63) is 11.4 Å². The van der Waals surface area contributed by atoms with Crippen LogP contribution in [0.2, 0.25) is 0 Å². The van der Waals surface area contributed by atoms with Crippen molar-refractivity contribution < 1.29 is 5.11 Å². The summed E-state index contributed by atoms with van der Waals surface area (Å²) < 4.78 is 0. The van der Waals surface area contributed by atoms with Crippen molar-refractivity contribution in [3.8, 4) is 0 Å². The van der Waals surface area contributed by atoms with Crippen molar-refractivity contribution in [3.63, 3.8) is 0 Å². The maximum absolute atomic E-state index is 10.1. The molecule has 0 bridgehead atoms. The third-order valence-electron chi connectivity index (χ3n) is 3.67. The molecule has 7 nitrogen and oxygen atoms in total. The van der Waals surface area contributed by atoms with Crippen molar-refractivity contribution in [1.29, 1.82) is 0 Å². The molecule has 2 unspecified atom stereocenters. The smallest absolute Gasteiger partial charge is 0.240 e. The van der Waals surface area contributed by atoms with Crippen LogP contribution >= 0.6 is 11.3 Å². The van der Waals surface area contributed by atoms with Gasteiger partial charge in [-0.15, -0.1) is 11.3 Å². The number of aliphatic hydroxyl groups excluding tert-OH is 1. The summed E-state index contributed by atoms with van der Waals surface area (Å²) in [5.41, 5.74) is 2.52. The fourth-order valence-corrected chi connectivity index (χ4v) is 3.63. The highest BCUT2D eigenvalue weighted by atomic mass is 32.1. The Balaban J connectivity index is 2.03. The third kappa shape index (κ3) is 2.80. The van der Waals surface area contributed by atoms with Gasteiger partial charge in [0.25, 0.3) is 0 Å². The molecule has 2 atom stereocenters. The maximum atomic E-state index is 10.1. The molecule has 0 radical (unpaired) electrons. The van der Waals surface area contributed by atoms with Gasteiger partial charge >= 0.3 is 0 Å². The Bertz CT molecular complexity index is 630. The van der Waals surface area contributed by atoms with Gasteiger partial charge in [-0.2, -0.15) is 4.98 Å². The van der Waals surface area contributed by atoms with E-state index in [2.05, 4.69) is 25.2 Å². The minimum absolute atomic E-state index is 0.235. The zero-order valence-electron chi connectivity index (χ0n) is 12.2. The number of nitrogen functional groups attached to an aromatic ring is 1. The van der Waals surface area contributed by atoms with Crippen molar-refractivity contribution in [1.82, 2.24) is 14.9 Å². The van der Waals surface area contributed by atoms with Crippen LogP contribution in [0, 0.1) is 0 Å². The van der Waals surface area contributed by atoms with Gasteiger partial charge in [0.15, 0.2) is 0 Å². The van der Waals surface area contributed by atoms with Crippen molar-refractivity contribution in [2.75, 3.05) is 37.5 Å². The predicted molar refractivity (Wildman–Crippen MR) is 85.5 cm³/mol. The predicted octanol–water partition coefficient (Wildman–Crippen LogP) is 0.478. The quantitative estimate of drug-likeness (QED) is 0.559. The molecule has 2 aromatic heterocycles. The normalized spacial score (nSPS) is 22.4. The van der Waals surface area contributed by atoms with Crippen LogP contribution in [-0.4, -0.2) is 59.3 Å². The molecule has 1 saturated heterocycles. The molecule has 0 amide bonds. The van der Waals surface area contributed by atoms with E-state index in [1.54, 1.807) is 11.3 Å². The molecule has 2 aromatic rings. The van der Waals surface area contributed by atoms with Gasteiger partial charge in [0.05, 0.1) is 11.5 Å². The second kappa shape index (κ2) is 5.72. The molecular weight excluding hydrogens is 288 g/mol. The van der Waals surface area contributed by atoms with E-state index in [1.165, 1.54) is 0 Å². The Morgan fingerprint density at radius 2 is 2.33 bits per heavy atom. The number of nitrogens with two attached hydrogens (primary N) is 1. The van der Waals surface area contributed by atoms with Crippen LogP contribution in [0.25, 0.3) is 10.2 Å². The molecule has 0 saturated carbocycles. The SMILES string of the molecule is CN(C)CC1CC(O)CN1c1nc(NN)nc2sccc12. The first kappa shape index (κ1) is 14.5. The summed E-state index contributed by atoms with van der Waals surface area (Å²) in [6.07, 6.45) is 0.423. The molecule has 0 aromatic carbocycles. The average Bonchev–Trinajstić information content (AvgIpc) is 3.03. The van der Waals surface area contributed by atoms with Gasteiger partial charge in [0.1, 0.15) is 10.6 Å². The molecule has 1 aliphatic rings. The van der Waals surface area contributed by atoms with E-state index in [-0.39, 0.29) is 12.1 Å². The van der Waals surface area contributed by atoms with Gasteiger partial charge in [-0.25, -0.2) is 10.8 Å². The summed E-state index contributed by atoms with van der Waals surface area (Å²) in [6, 6.07) is 2.26. The lowest BCUT2D eigenvalue weighted by molar-refractivity contribution is 0.191. The first-order valence-corrected chi connectivity index (χ1v) is 7.77. The molecule has 0 aliphatic carbocycles. The zero-order chi connectivity index (χ0) is 15.0. The Morgan fingerprint density at radius 3 is 3.05 bits per heavy atom. The van der Waals surface area contributed by atoms with E-state index in [0.29, 0.717) is 12.5 Å². The molecule has 4 N–H and O–H groups in total. The number of β-amino-alcohol motifs (C(OH)–C–C–N with tert-alkyl or cyclic N) is 1. The van der Waals surface area contributed by atoms with Gasteiger partial charge < -0.3 is 14.9 Å². The molecule has 1 aliphatic heterocycles. The lowest BCUT2D eigenvalue weighted by Gasteiger charge is -2.28. The van der Waals surface area contributed by atoms with Crippen LogP contribution in [0.15, 0.2) is 11.4 Å². The van der Waals surface area contributed by atoms with E-state index < -0.39 is 0 Å². The van der Waals surface area contributed by atoms with E-state index in [9.17, 15) is 5.11 Å². The van der Waals surface area contributed by atoms with Crippen molar-refractivity contribution in [2.24, 2.45) is 5.84 Å². The number of thiophene rings is 1. The van der Waals surface area contributed by atoms with Crippen LogP contribution in [-0.2, 0) is 0 Å². The highest BCUT2D eigenvalue weighted by Crippen LogP contribution is 2.33. The van der Waals surface area contributed by atoms with E-state index >= 15 is 0 Å². The van der Waals surface area contributed by atoms with Crippen LogP contribution in [0.4, 0.5) is 11.8 Å². The first-order chi connectivity index (χ1) is 10.1. The topological polar surface area (TPSA) is 90.5 Å². The van der Waals surface area contributed by atoms with E-state index in [4.69, 9.17) is 5.84 Å². The van der Waals surface area contributed by atoms with Crippen molar-refractivity contribution in [2.45, 2.75) is 18.6 Å². The number of aromatic nitrogens is 2. The van der Waals surface area contributed by atoms with Crippen LogP contribution in [0.3, 0.4) is 0 Å². The molecular formula is C13H20N6OS. The van der Waals surface area contributed by atoms with Crippen LogP contribution < -0.4 is 16.2 Å². The number of fused-ring (bicyclic) bond motifs is 1. The van der Waals surface area contributed by atoms with Gasteiger partial charge in [-0.05, 0) is 32.0 Å². The number of hydrogen-bond donors (Lipinski definition) is 3. The second-order valence-electron chi connectivity index (χ2n) is 5.61. The van der Waals surface area contributed by atoms with Gasteiger partial charge in [0, 0.05) is 19.1 Å². The highest BCUT2D eigenvalue weighted by Gasteiger charge is 2.33. The number of hydrogen-bond acceptors (Lipinski definition) is 8. The standard InChI is InChI=1S/C13H20N6OS/c1-18(2)6-8-5-9(20)7-19(8)11-10-3-4-21-12(10)16-13(15-11)17-14/h3-4,8-9,20H,5-7,14H2,1-2H3,(H,15,16,17). The van der Waals surface area contributed by atoms with Crippen molar-refractivity contribution >= 4 is 33.3 Å². The summed E-state index contributed by atoms with van der Waals surface area (Å²) in [6.45, 7) is 1.46. The number of nitrogens with zero attached hydrogens (tertiary/aromatic N) is 4. The number of aliphatic hydroxyl groups is 1. The molecule has 0 spiro atoms. The minimum atomic E-state index is -0.326. The highest BCUT2D eigenvalue weighted by molar-refractivity contribution is 7.16. The monoisotopic (exact) mass is 308 g/mol. The van der Waals surface area contributed by atoms with Gasteiger partial charge in [-0.1, -0.05) is 0 Å². The Labute approximate surface area is 127 Å². The minimum Gasteiger partial charge on any atom is -0.391 e.